The molecular weight excluding hydrogens is 194 g/mol. The van der Waals surface area contributed by atoms with Gasteiger partial charge in [0.05, 0.1) is 17.6 Å². The number of nitrogens with one attached hydrogen (secondary N) is 1. The summed E-state index contributed by atoms with van der Waals surface area (Å²) in [6, 6.07) is 4.84. The Morgan fingerprint density at radius 2 is 2.27 bits per heavy atom. The third-order valence-corrected chi connectivity index (χ3v) is 1.95. The Labute approximate surface area is 85.8 Å². The standard InChI is InChI=1S/C10H9N3O2/c1-6-11-5-9(12-6)7-3-2-4-8(13-7)10(14)15/h2-5H,1H3,(H,11,12)(H,14,15). The van der Waals surface area contributed by atoms with Crippen LogP contribution in [0.4, 0.5) is 0 Å². The lowest BCUT2D eigenvalue weighted by molar-refractivity contribution is 0.0690. The molecule has 5 heteroatoms. The zero-order valence-electron chi connectivity index (χ0n) is 8.06. The van der Waals surface area contributed by atoms with Gasteiger partial charge in [0.25, 0.3) is 0 Å². The number of rotatable bonds is 2. The summed E-state index contributed by atoms with van der Waals surface area (Å²) in [7, 11) is 0. The van der Waals surface area contributed by atoms with E-state index < -0.39 is 5.97 Å². The lowest BCUT2D eigenvalue weighted by Crippen LogP contribution is -2.00. The number of carbonyl (C=O) groups is 1. The fourth-order valence-corrected chi connectivity index (χ4v) is 1.25. The van der Waals surface area contributed by atoms with Crippen molar-refractivity contribution in [3.8, 4) is 11.4 Å². The van der Waals surface area contributed by atoms with Crippen molar-refractivity contribution in [2.45, 2.75) is 6.92 Å². The summed E-state index contributed by atoms with van der Waals surface area (Å²) in [6.45, 7) is 1.82. The van der Waals surface area contributed by atoms with Crippen molar-refractivity contribution < 1.29 is 9.90 Å². The molecule has 0 bridgehead atoms. The molecule has 2 aromatic heterocycles. The largest absolute Gasteiger partial charge is 0.477 e. The summed E-state index contributed by atoms with van der Waals surface area (Å²) in [5.41, 5.74) is 1.32. The molecule has 0 saturated carbocycles. The van der Waals surface area contributed by atoms with Gasteiger partial charge in [-0.05, 0) is 19.1 Å². The summed E-state index contributed by atoms with van der Waals surface area (Å²) in [6.07, 6.45) is 1.63. The molecule has 2 heterocycles. The van der Waals surface area contributed by atoms with E-state index in [0.29, 0.717) is 5.69 Å². The highest BCUT2D eigenvalue weighted by Gasteiger charge is 2.07. The van der Waals surface area contributed by atoms with Crippen LogP contribution >= 0.6 is 0 Å². The molecule has 2 rings (SSSR count). The maximum Gasteiger partial charge on any atom is 0.354 e. The van der Waals surface area contributed by atoms with Gasteiger partial charge in [-0.2, -0.15) is 0 Å². The molecule has 0 unspecified atom stereocenters. The maximum absolute atomic E-state index is 10.7. The molecule has 0 aromatic carbocycles. The fourth-order valence-electron chi connectivity index (χ4n) is 1.25. The number of aromatic nitrogens is 3. The van der Waals surface area contributed by atoms with Gasteiger partial charge in [0.15, 0.2) is 0 Å². The lowest BCUT2D eigenvalue weighted by atomic mass is 10.2. The van der Waals surface area contributed by atoms with Crippen molar-refractivity contribution in [2.24, 2.45) is 0 Å². The van der Waals surface area contributed by atoms with E-state index in [1.54, 1.807) is 18.3 Å². The number of H-pyrrole nitrogens is 1. The molecule has 2 N–H and O–H groups in total. The highest BCUT2D eigenvalue weighted by molar-refractivity contribution is 5.85. The molecule has 15 heavy (non-hydrogen) atoms. The van der Waals surface area contributed by atoms with Crippen molar-refractivity contribution in [3.05, 3.63) is 35.9 Å². The number of aromatic amines is 1. The minimum atomic E-state index is -1.03. The summed E-state index contributed by atoms with van der Waals surface area (Å²) < 4.78 is 0. The number of aryl methyl sites for hydroxylation is 1. The van der Waals surface area contributed by atoms with Gasteiger partial charge in [0, 0.05) is 0 Å². The highest BCUT2D eigenvalue weighted by atomic mass is 16.4. The second-order valence-electron chi connectivity index (χ2n) is 3.10. The molecule has 0 saturated heterocycles. The Morgan fingerprint density at radius 3 is 2.87 bits per heavy atom. The number of pyridine rings is 1. The van der Waals surface area contributed by atoms with Gasteiger partial charge in [-0.1, -0.05) is 6.07 Å². The molecule has 0 radical (unpaired) electrons. The van der Waals surface area contributed by atoms with E-state index in [-0.39, 0.29) is 5.69 Å². The van der Waals surface area contributed by atoms with E-state index in [1.807, 2.05) is 6.92 Å². The Bertz CT molecular complexity index is 505. The molecular formula is C10H9N3O2. The summed E-state index contributed by atoms with van der Waals surface area (Å²) in [5.74, 6) is -0.263. The van der Waals surface area contributed by atoms with Gasteiger partial charge >= 0.3 is 5.97 Å². The third-order valence-electron chi connectivity index (χ3n) is 1.95. The Balaban J connectivity index is 2.45. The predicted molar refractivity (Wildman–Crippen MR) is 53.5 cm³/mol. The number of carboxylic acids is 1. The second kappa shape index (κ2) is 3.53. The van der Waals surface area contributed by atoms with Crippen molar-refractivity contribution in [2.75, 3.05) is 0 Å². The smallest absolute Gasteiger partial charge is 0.354 e. The van der Waals surface area contributed by atoms with E-state index in [9.17, 15) is 4.79 Å². The van der Waals surface area contributed by atoms with Crippen LogP contribution < -0.4 is 0 Å². The Hall–Kier alpha value is -2.17. The molecule has 0 atom stereocenters. The number of nitrogens with zero attached hydrogens (tertiary/aromatic N) is 2. The van der Waals surface area contributed by atoms with Gasteiger partial charge in [-0.3, -0.25) is 0 Å². The van der Waals surface area contributed by atoms with Crippen molar-refractivity contribution in [1.29, 1.82) is 0 Å². The van der Waals surface area contributed by atoms with Crippen LogP contribution in [0.15, 0.2) is 24.4 Å². The van der Waals surface area contributed by atoms with Crippen molar-refractivity contribution >= 4 is 5.97 Å². The van der Waals surface area contributed by atoms with Crippen LogP contribution in [0.25, 0.3) is 11.4 Å². The first-order valence-corrected chi connectivity index (χ1v) is 4.39. The van der Waals surface area contributed by atoms with E-state index in [2.05, 4.69) is 15.0 Å². The minimum absolute atomic E-state index is 0.0275. The van der Waals surface area contributed by atoms with Crippen molar-refractivity contribution in [1.82, 2.24) is 15.0 Å². The molecule has 76 valence electrons. The summed E-state index contributed by atoms with van der Waals surface area (Å²) in [5, 5.41) is 8.77. The van der Waals surface area contributed by atoms with Gasteiger partial charge < -0.3 is 10.1 Å². The van der Waals surface area contributed by atoms with Crippen molar-refractivity contribution in [3.63, 3.8) is 0 Å². The lowest BCUT2D eigenvalue weighted by Gasteiger charge is -1.98. The van der Waals surface area contributed by atoms with Gasteiger partial charge in [0.1, 0.15) is 11.5 Å². The normalized spacial score (nSPS) is 10.2. The zero-order chi connectivity index (χ0) is 10.8. The molecule has 0 aliphatic heterocycles. The van der Waals surface area contributed by atoms with Gasteiger partial charge in [-0.15, -0.1) is 0 Å². The van der Waals surface area contributed by atoms with Crippen LogP contribution in [-0.4, -0.2) is 26.0 Å². The SMILES string of the molecule is Cc1ncc(-c2cccc(C(=O)O)n2)[nH]1. The van der Waals surface area contributed by atoms with E-state index in [4.69, 9.17) is 5.11 Å². The topological polar surface area (TPSA) is 78.9 Å². The summed E-state index contributed by atoms with van der Waals surface area (Å²) >= 11 is 0. The first-order valence-electron chi connectivity index (χ1n) is 4.39. The number of imidazole rings is 1. The first-order chi connectivity index (χ1) is 7.16. The molecule has 0 fully saturated rings. The molecule has 0 spiro atoms. The Morgan fingerprint density at radius 1 is 1.47 bits per heavy atom. The highest BCUT2D eigenvalue weighted by Crippen LogP contribution is 2.14. The molecule has 2 aromatic rings. The number of carboxylic acid groups (broad SMARTS) is 1. The zero-order valence-corrected chi connectivity index (χ0v) is 8.06. The van der Waals surface area contributed by atoms with E-state index in [1.165, 1.54) is 6.07 Å². The third kappa shape index (κ3) is 1.85. The van der Waals surface area contributed by atoms with Gasteiger partial charge in [0.2, 0.25) is 0 Å². The fraction of sp³-hybridized carbons (Fsp3) is 0.100. The molecule has 0 amide bonds. The number of hydrogen-bond acceptors (Lipinski definition) is 3. The summed E-state index contributed by atoms with van der Waals surface area (Å²) in [4.78, 5) is 21.7. The first kappa shape index (κ1) is 9.39. The minimum Gasteiger partial charge on any atom is -0.477 e. The van der Waals surface area contributed by atoms with Crippen LogP contribution in [0.2, 0.25) is 0 Å². The maximum atomic E-state index is 10.7. The molecule has 5 nitrogen and oxygen atoms in total. The quantitative estimate of drug-likeness (QED) is 0.774. The molecule has 0 aliphatic carbocycles. The van der Waals surface area contributed by atoms with E-state index >= 15 is 0 Å². The van der Waals surface area contributed by atoms with Crippen LogP contribution in [0.5, 0.6) is 0 Å². The van der Waals surface area contributed by atoms with Gasteiger partial charge in [-0.25, -0.2) is 14.8 Å². The Kier molecular flexibility index (Phi) is 2.21. The molecule has 0 aliphatic rings. The second-order valence-corrected chi connectivity index (χ2v) is 3.10. The average Bonchev–Trinajstić information content (AvgIpc) is 2.65. The van der Waals surface area contributed by atoms with Crippen LogP contribution in [0.3, 0.4) is 0 Å². The van der Waals surface area contributed by atoms with Crippen LogP contribution in [0, 0.1) is 6.92 Å². The number of aromatic carboxylic acids is 1. The van der Waals surface area contributed by atoms with Crippen LogP contribution in [0.1, 0.15) is 16.3 Å². The predicted octanol–water partition coefficient (Wildman–Crippen LogP) is 1.48. The average molecular weight is 203 g/mol. The van der Waals surface area contributed by atoms with E-state index in [0.717, 1.165) is 11.5 Å². The number of hydrogen-bond donors (Lipinski definition) is 2. The van der Waals surface area contributed by atoms with Crippen LogP contribution in [-0.2, 0) is 0 Å². The monoisotopic (exact) mass is 203 g/mol.